The Morgan fingerprint density at radius 2 is 1.79 bits per heavy atom. The average Bonchev–Trinajstić information content (AvgIpc) is 2.35. The van der Waals surface area contributed by atoms with Crippen molar-refractivity contribution in [3.05, 3.63) is 41.5 Å². The van der Waals surface area contributed by atoms with Gasteiger partial charge in [-0.2, -0.15) is 0 Å². The highest BCUT2D eigenvalue weighted by Gasteiger charge is 2.20. The molecule has 1 aromatic rings. The number of nitrogens with one attached hydrogen (secondary N) is 1. The maximum Gasteiger partial charge on any atom is 0.0372 e. The summed E-state index contributed by atoms with van der Waals surface area (Å²) in [6.07, 6.45) is 7.12. The van der Waals surface area contributed by atoms with Gasteiger partial charge in [0.1, 0.15) is 0 Å². The van der Waals surface area contributed by atoms with Crippen LogP contribution in [0.3, 0.4) is 0 Å². The second-order valence-electron chi connectivity index (χ2n) is 7.32. The SMILES string of the molecule is CC(C)(C)/C=C/C(C)(C)c1ccc2c(c1)CCCN2. The number of hydrogen-bond donors (Lipinski definition) is 1. The van der Waals surface area contributed by atoms with Crippen molar-refractivity contribution in [3.63, 3.8) is 0 Å². The van der Waals surface area contributed by atoms with E-state index in [-0.39, 0.29) is 10.8 Å². The van der Waals surface area contributed by atoms with E-state index in [0.29, 0.717) is 0 Å². The van der Waals surface area contributed by atoms with Gasteiger partial charge in [-0.3, -0.25) is 0 Å². The minimum atomic E-state index is 0.0970. The van der Waals surface area contributed by atoms with Gasteiger partial charge in [-0.15, -0.1) is 0 Å². The fourth-order valence-corrected chi connectivity index (χ4v) is 2.43. The highest BCUT2D eigenvalue weighted by molar-refractivity contribution is 5.55. The van der Waals surface area contributed by atoms with E-state index in [9.17, 15) is 0 Å². The molecule has 0 saturated carbocycles. The molecule has 0 aromatic heterocycles. The van der Waals surface area contributed by atoms with Gasteiger partial charge in [-0.1, -0.05) is 58.9 Å². The Labute approximate surface area is 118 Å². The third-order valence-electron chi connectivity index (χ3n) is 3.79. The van der Waals surface area contributed by atoms with Crippen molar-refractivity contribution in [1.82, 2.24) is 0 Å². The van der Waals surface area contributed by atoms with Gasteiger partial charge in [0, 0.05) is 17.6 Å². The fraction of sp³-hybridized carbons (Fsp3) is 0.556. The maximum absolute atomic E-state index is 3.48. The third kappa shape index (κ3) is 3.62. The first-order valence-electron chi connectivity index (χ1n) is 7.36. The Bertz CT molecular complexity index is 475. The Morgan fingerprint density at radius 1 is 1.05 bits per heavy atom. The number of rotatable bonds is 2. The lowest BCUT2D eigenvalue weighted by atomic mass is 9.80. The van der Waals surface area contributed by atoms with Crippen LogP contribution in [0.1, 0.15) is 52.2 Å². The zero-order valence-electron chi connectivity index (χ0n) is 13.0. The molecule has 0 bridgehead atoms. The molecule has 0 saturated heterocycles. The molecule has 2 rings (SSSR count). The van der Waals surface area contributed by atoms with E-state index < -0.39 is 0 Å². The molecule has 0 spiro atoms. The number of hydrogen-bond acceptors (Lipinski definition) is 1. The van der Waals surface area contributed by atoms with E-state index in [1.807, 2.05) is 0 Å². The molecule has 1 N–H and O–H groups in total. The second-order valence-corrected chi connectivity index (χ2v) is 7.32. The third-order valence-corrected chi connectivity index (χ3v) is 3.79. The van der Waals surface area contributed by atoms with Crippen molar-refractivity contribution < 1.29 is 0 Å². The lowest BCUT2D eigenvalue weighted by Crippen LogP contribution is -2.17. The topological polar surface area (TPSA) is 12.0 Å². The molecule has 1 heteroatoms. The highest BCUT2D eigenvalue weighted by atomic mass is 14.9. The first kappa shape index (κ1) is 14.2. The van der Waals surface area contributed by atoms with E-state index in [0.717, 1.165) is 6.54 Å². The first-order valence-corrected chi connectivity index (χ1v) is 7.36. The molecule has 0 aliphatic carbocycles. The number of allylic oxidation sites excluding steroid dienone is 2. The van der Waals surface area contributed by atoms with Crippen molar-refractivity contribution in [2.45, 2.75) is 52.9 Å². The molecule has 19 heavy (non-hydrogen) atoms. The predicted octanol–water partition coefficient (Wildman–Crippen LogP) is 4.92. The Balaban J connectivity index is 2.28. The molecule has 0 unspecified atom stereocenters. The first-order chi connectivity index (χ1) is 8.78. The van der Waals surface area contributed by atoms with Gasteiger partial charge in [-0.05, 0) is 35.4 Å². The number of anilines is 1. The number of fused-ring (bicyclic) bond motifs is 1. The van der Waals surface area contributed by atoms with Crippen molar-refractivity contribution >= 4 is 5.69 Å². The molecule has 104 valence electrons. The van der Waals surface area contributed by atoms with Crippen LogP contribution in [0.25, 0.3) is 0 Å². The minimum absolute atomic E-state index is 0.0970. The van der Waals surface area contributed by atoms with Gasteiger partial charge in [0.25, 0.3) is 0 Å². The predicted molar refractivity (Wildman–Crippen MR) is 84.9 cm³/mol. The highest BCUT2D eigenvalue weighted by Crippen LogP contribution is 2.31. The van der Waals surface area contributed by atoms with Gasteiger partial charge in [0.05, 0.1) is 0 Å². The molecule has 0 amide bonds. The monoisotopic (exact) mass is 257 g/mol. The molecule has 0 atom stereocenters. The standard InChI is InChI=1S/C18H27N/c1-17(2,3)10-11-18(4,5)15-8-9-16-14(13-15)7-6-12-19-16/h8-11,13,19H,6-7,12H2,1-5H3/b11-10+. The van der Waals surface area contributed by atoms with Crippen molar-refractivity contribution in [3.8, 4) is 0 Å². The summed E-state index contributed by atoms with van der Waals surface area (Å²) in [4.78, 5) is 0. The molecule has 1 aliphatic rings. The lowest BCUT2D eigenvalue weighted by Gasteiger charge is -2.26. The van der Waals surface area contributed by atoms with Crippen LogP contribution in [0.15, 0.2) is 30.4 Å². The number of aryl methyl sites for hydroxylation is 1. The smallest absolute Gasteiger partial charge is 0.0372 e. The summed E-state index contributed by atoms with van der Waals surface area (Å²) in [6, 6.07) is 6.90. The molecule has 0 radical (unpaired) electrons. The molecule has 1 nitrogen and oxygen atoms in total. The van der Waals surface area contributed by atoms with Crippen LogP contribution in [0.5, 0.6) is 0 Å². The summed E-state index contributed by atoms with van der Waals surface area (Å²) in [5, 5.41) is 3.48. The molecular weight excluding hydrogens is 230 g/mol. The summed E-state index contributed by atoms with van der Waals surface area (Å²) in [5.41, 5.74) is 4.55. The van der Waals surface area contributed by atoms with Gasteiger partial charge in [0.15, 0.2) is 0 Å². The summed E-state index contributed by atoms with van der Waals surface area (Å²) in [6.45, 7) is 12.4. The van der Waals surface area contributed by atoms with Gasteiger partial charge in [-0.25, -0.2) is 0 Å². The molecule has 0 fully saturated rings. The summed E-state index contributed by atoms with van der Waals surface area (Å²) in [7, 11) is 0. The lowest BCUT2D eigenvalue weighted by molar-refractivity contribution is 0.532. The average molecular weight is 257 g/mol. The van der Waals surface area contributed by atoms with Crippen LogP contribution < -0.4 is 5.32 Å². The number of benzene rings is 1. The summed E-state index contributed by atoms with van der Waals surface area (Å²) < 4.78 is 0. The Kier molecular flexibility index (Phi) is 3.75. The molecule has 1 aromatic carbocycles. The van der Waals surface area contributed by atoms with Crippen LogP contribution in [0.2, 0.25) is 0 Å². The van der Waals surface area contributed by atoms with Crippen molar-refractivity contribution in [2.75, 3.05) is 11.9 Å². The fourth-order valence-electron chi connectivity index (χ4n) is 2.43. The van der Waals surface area contributed by atoms with Crippen LogP contribution in [0, 0.1) is 5.41 Å². The molecule has 1 heterocycles. The summed E-state index contributed by atoms with van der Waals surface area (Å²) in [5.74, 6) is 0. The maximum atomic E-state index is 3.48. The zero-order chi connectivity index (χ0) is 14.1. The summed E-state index contributed by atoms with van der Waals surface area (Å²) >= 11 is 0. The van der Waals surface area contributed by atoms with E-state index >= 15 is 0 Å². The Morgan fingerprint density at radius 3 is 2.47 bits per heavy atom. The quantitative estimate of drug-likeness (QED) is 0.741. The van der Waals surface area contributed by atoms with Gasteiger partial charge >= 0.3 is 0 Å². The van der Waals surface area contributed by atoms with Gasteiger partial charge < -0.3 is 5.32 Å². The van der Waals surface area contributed by atoms with Gasteiger partial charge in [0.2, 0.25) is 0 Å². The van der Waals surface area contributed by atoms with Crippen molar-refractivity contribution in [2.24, 2.45) is 5.41 Å². The molecular formula is C18H27N. The van der Waals surface area contributed by atoms with E-state index in [4.69, 9.17) is 0 Å². The van der Waals surface area contributed by atoms with E-state index in [1.54, 1.807) is 0 Å². The van der Waals surface area contributed by atoms with E-state index in [1.165, 1.54) is 29.7 Å². The van der Waals surface area contributed by atoms with Crippen LogP contribution in [0.4, 0.5) is 5.69 Å². The van der Waals surface area contributed by atoms with Crippen LogP contribution in [-0.2, 0) is 11.8 Å². The van der Waals surface area contributed by atoms with Crippen LogP contribution in [-0.4, -0.2) is 6.54 Å². The molecule has 1 aliphatic heterocycles. The Hall–Kier alpha value is -1.24. The zero-order valence-corrected chi connectivity index (χ0v) is 13.0. The van der Waals surface area contributed by atoms with Crippen molar-refractivity contribution in [1.29, 1.82) is 0 Å². The minimum Gasteiger partial charge on any atom is -0.385 e. The normalized spacial score (nSPS) is 16.3. The van der Waals surface area contributed by atoms with Crippen LogP contribution >= 0.6 is 0 Å². The largest absolute Gasteiger partial charge is 0.385 e. The second kappa shape index (κ2) is 5.03. The van der Waals surface area contributed by atoms with E-state index in [2.05, 4.69) is 70.3 Å².